The van der Waals surface area contributed by atoms with E-state index < -0.39 is 0 Å². The standard InChI is InChI=1S/C17H24O2/c1-12-8-10-14(11-9-12)17(3,4)19-16-7-5-6-15(18)13(16)2/h5-8,14,18H,9-11H2,1-4H3/t14-/m0/s1. The molecule has 104 valence electrons. The van der Waals surface area contributed by atoms with Gasteiger partial charge in [-0.25, -0.2) is 0 Å². The molecule has 2 rings (SSSR count). The third-order valence-electron chi connectivity index (χ3n) is 4.25. The summed E-state index contributed by atoms with van der Waals surface area (Å²) in [5.74, 6) is 1.61. The van der Waals surface area contributed by atoms with Gasteiger partial charge in [-0.05, 0) is 59.1 Å². The summed E-state index contributed by atoms with van der Waals surface area (Å²) in [5.41, 5.74) is 2.09. The second-order valence-corrected chi connectivity index (χ2v) is 6.13. The molecule has 1 atom stereocenters. The maximum absolute atomic E-state index is 9.75. The SMILES string of the molecule is CC1=CC[C@H](C(C)(C)Oc2cccc(O)c2C)CC1. The van der Waals surface area contributed by atoms with Crippen LogP contribution in [0.5, 0.6) is 11.5 Å². The van der Waals surface area contributed by atoms with Crippen molar-refractivity contribution in [2.75, 3.05) is 0 Å². The first-order chi connectivity index (χ1) is 8.90. The Bertz CT molecular complexity index is 486. The molecule has 0 aliphatic heterocycles. The van der Waals surface area contributed by atoms with Crippen LogP contribution in [0.4, 0.5) is 0 Å². The van der Waals surface area contributed by atoms with E-state index in [4.69, 9.17) is 4.74 Å². The molecule has 0 saturated heterocycles. The van der Waals surface area contributed by atoms with E-state index in [1.165, 1.54) is 12.0 Å². The lowest BCUT2D eigenvalue weighted by Gasteiger charge is -2.37. The minimum atomic E-state index is -0.213. The van der Waals surface area contributed by atoms with Gasteiger partial charge in [-0.2, -0.15) is 0 Å². The second-order valence-electron chi connectivity index (χ2n) is 6.13. The Morgan fingerprint density at radius 1 is 1.26 bits per heavy atom. The predicted molar refractivity (Wildman–Crippen MR) is 78.6 cm³/mol. The number of aromatic hydroxyl groups is 1. The molecule has 0 aromatic heterocycles. The molecule has 0 fully saturated rings. The van der Waals surface area contributed by atoms with Gasteiger partial charge in [0, 0.05) is 11.5 Å². The third kappa shape index (κ3) is 3.12. The molecule has 0 radical (unpaired) electrons. The average Bonchev–Trinajstić information content (AvgIpc) is 2.35. The number of benzene rings is 1. The van der Waals surface area contributed by atoms with Crippen molar-refractivity contribution >= 4 is 0 Å². The lowest BCUT2D eigenvalue weighted by Crippen LogP contribution is -2.38. The number of phenols is 1. The van der Waals surface area contributed by atoms with Gasteiger partial charge in [0.05, 0.1) is 0 Å². The van der Waals surface area contributed by atoms with Gasteiger partial charge in [-0.1, -0.05) is 17.7 Å². The number of phenolic OH excluding ortho intramolecular Hbond substituents is 1. The lowest BCUT2D eigenvalue weighted by molar-refractivity contribution is 0.0375. The summed E-state index contributed by atoms with van der Waals surface area (Å²) in [6.45, 7) is 8.39. The first kappa shape index (κ1) is 14.0. The largest absolute Gasteiger partial charge is 0.508 e. The summed E-state index contributed by atoms with van der Waals surface area (Å²) in [6, 6.07) is 5.46. The summed E-state index contributed by atoms with van der Waals surface area (Å²) in [4.78, 5) is 0. The molecular weight excluding hydrogens is 236 g/mol. The monoisotopic (exact) mass is 260 g/mol. The first-order valence-corrected chi connectivity index (χ1v) is 7.03. The quantitative estimate of drug-likeness (QED) is 0.804. The van der Waals surface area contributed by atoms with E-state index in [2.05, 4.69) is 26.8 Å². The fourth-order valence-corrected chi connectivity index (χ4v) is 2.68. The van der Waals surface area contributed by atoms with Gasteiger partial charge >= 0.3 is 0 Å². The van der Waals surface area contributed by atoms with E-state index in [1.807, 2.05) is 19.1 Å². The van der Waals surface area contributed by atoms with E-state index >= 15 is 0 Å². The third-order valence-corrected chi connectivity index (χ3v) is 4.25. The van der Waals surface area contributed by atoms with Gasteiger partial charge in [0.2, 0.25) is 0 Å². The molecule has 1 N–H and O–H groups in total. The fourth-order valence-electron chi connectivity index (χ4n) is 2.68. The molecule has 0 heterocycles. The lowest BCUT2D eigenvalue weighted by atomic mass is 9.79. The maximum atomic E-state index is 9.75. The molecule has 19 heavy (non-hydrogen) atoms. The van der Waals surface area contributed by atoms with Crippen LogP contribution < -0.4 is 4.74 Å². The summed E-state index contributed by atoms with van der Waals surface area (Å²) in [5, 5.41) is 9.75. The molecule has 2 heteroatoms. The molecule has 1 aromatic rings. The molecule has 1 aromatic carbocycles. The number of hydrogen-bond donors (Lipinski definition) is 1. The van der Waals surface area contributed by atoms with Crippen LogP contribution in [0, 0.1) is 12.8 Å². The molecule has 0 saturated carbocycles. The zero-order valence-corrected chi connectivity index (χ0v) is 12.4. The van der Waals surface area contributed by atoms with Crippen LogP contribution in [-0.4, -0.2) is 10.7 Å². The Kier molecular flexibility index (Phi) is 3.88. The Hall–Kier alpha value is -1.44. The second kappa shape index (κ2) is 5.28. The Balaban J connectivity index is 2.15. The number of ether oxygens (including phenoxy) is 1. The molecule has 1 aliphatic carbocycles. The van der Waals surface area contributed by atoms with Crippen molar-refractivity contribution in [2.45, 2.75) is 52.6 Å². The van der Waals surface area contributed by atoms with E-state index in [0.29, 0.717) is 11.7 Å². The van der Waals surface area contributed by atoms with E-state index in [1.54, 1.807) is 6.07 Å². The minimum Gasteiger partial charge on any atom is -0.508 e. The van der Waals surface area contributed by atoms with Crippen molar-refractivity contribution in [3.63, 3.8) is 0 Å². The highest BCUT2D eigenvalue weighted by Crippen LogP contribution is 2.37. The van der Waals surface area contributed by atoms with Gasteiger partial charge in [-0.15, -0.1) is 0 Å². The van der Waals surface area contributed by atoms with Crippen LogP contribution in [0.1, 0.15) is 45.6 Å². The number of allylic oxidation sites excluding steroid dienone is 2. The molecule has 0 unspecified atom stereocenters. The van der Waals surface area contributed by atoms with Gasteiger partial charge in [0.25, 0.3) is 0 Å². The number of rotatable bonds is 3. The van der Waals surface area contributed by atoms with Gasteiger partial charge in [-0.3, -0.25) is 0 Å². The van der Waals surface area contributed by atoms with E-state index in [-0.39, 0.29) is 5.60 Å². The van der Waals surface area contributed by atoms with Crippen LogP contribution in [0.15, 0.2) is 29.8 Å². The average molecular weight is 260 g/mol. The van der Waals surface area contributed by atoms with Crippen molar-refractivity contribution in [1.29, 1.82) is 0 Å². The van der Waals surface area contributed by atoms with E-state index in [0.717, 1.165) is 24.2 Å². The summed E-state index contributed by atoms with van der Waals surface area (Å²) >= 11 is 0. The van der Waals surface area contributed by atoms with Crippen molar-refractivity contribution in [2.24, 2.45) is 5.92 Å². The van der Waals surface area contributed by atoms with Gasteiger partial charge in [0.1, 0.15) is 17.1 Å². The normalized spacial score (nSPS) is 20.0. The van der Waals surface area contributed by atoms with Crippen molar-refractivity contribution in [3.8, 4) is 11.5 Å². The summed E-state index contributed by atoms with van der Waals surface area (Å²) in [7, 11) is 0. The Morgan fingerprint density at radius 2 is 2.00 bits per heavy atom. The summed E-state index contributed by atoms with van der Waals surface area (Å²) < 4.78 is 6.20. The topological polar surface area (TPSA) is 29.5 Å². The fraction of sp³-hybridized carbons (Fsp3) is 0.529. The van der Waals surface area contributed by atoms with Crippen LogP contribution in [0.25, 0.3) is 0 Å². The number of hydrogen-bond acceptors (Lipinski definition) is 2. The predicted octanol–water partition coefficient (Wildman–Crippen LogP) is 4.60. The molecular formula is C17H24O2. The molecule has 1 aliphatic rings. The molecule has 0 bridgehead atoms. The zero-order chi connectivity index (χ0) is 14.0. The molecule has 2 nitrogen and oxygen atoms in total. The van der Waals surface area contributed by atoms with Crippen molar-refractivity contribution in [3.05, 3.63) is 35.4 Å². The highest BCUT2D eigenvalue weighted by molar-refractivity contribution is 5.42. The molecule has 0 amide bonds. The van der Waals surface area contributed by atoms with Crippen molar-refractivity contribution < 1.29 is 9.84 Å². The first-order valence-electron chi connectivity index (χ1n) is 7.03. The van der Waals surface area contributed by atoms with Crippen LogP contribution >= 0.6 is 0 Å². The van der Waals surface area contributed by atoms with Gasteiger partial charge < -0.3 is 9.84 Å². The van der Waals surface area contributed by atoms with Crippen molar-refractivity contribution in [1.82, 2.24) is 0 Å². The molecule has 0 spiro atoms. The smallest absolute Gasteiger partial charge is 0.126 e. The Morgan fingerprint density at radius 3 is 2.63 bits per heavy atom. The summed E-state index contributed by atoms with van der Waals surface area (Å²) in [6.07, 6.45) is 5.75. The van der Waals surface area contributed by atoms with Crippen LogP contribution in [0.2, 0.25) is 0 Å². The minimum absolute atomic E-state index is 0.213. The zero-order valence-electron chi connectivity index (χ0n) is 12.4. The highest BCUT2D eigenvalue weighted by Gasteiger charge is 2.32. The highest BCUT2D eigenvalue weighted by atomic mass is 16.5. The maximum Gasteiger partial charge on any atom is 0.126 e. The van der Waals surface area contributed by atoms with Crippen LogP contribution in [0.3, 0.4) is 0 Å². The van der Waals surface area contributed by atoms with Gasteiger partial charge in [0.15, 0.2) is 0 Å². The van der Waals surface area contributed by atoms with Crippen LogP contribution in [-0.2, 0) is 0 Å². The van der Waals surface area contributed by atoms with E-state index in [9.17, 15) is 5.11 Å². The Labute approximate surface area is 116 Å².